The molecule has 0 unspecified atom stereocenters. The maximum atomic E-state index is 14.0. The van der Waals surface area contributed by atoms with Gasteiger partial charge in [0, 0.05) is 67.7 Å². The standard InChI is InChI=1S/C40H44N4O4S/c1-26-6-12-34(13-7-26)49(47,48)44-25-37(28-8-10-29(11-9-28)39(45)42(4)5)36-22-31(23-41-38(36)44)30-20-27(2)35-16-19-43(24-32(35)21-30)33-14-17-40(3,46)18-15-33/h6-13,20-23,25,33,46H,14-19,24H2,1-5H3. The summed E-state index contributed by atoms with van der Waals surface area (Å²) < 4.78 is 29.3. The van der Waals surface area contributed by atoms with Gasteiger partial charge in [0.25, 0.3) is 15.9 Å². The van der Waals surface area contributed by atoms with E-state index in [1.54, 1.807) is 62.9 Å². The van der Waals surface area contributed by atoms with E-state index in [-0.39, 0.29) is 10.8 Å². The molecule has 0 saturated heterocycles. The van der Waals surface area contributed by atoms with Crippen LogP contribution in [-0.2, 0) is 23.0 Å². The minimum absolute atomic E-state index is 0.100. The third-order valence-corrected chi connectivity index (χ3v) is 12.2. The van der Waals surface area contributed by atoms with Crippen molar-refractivity contribution in [3.63, 3.8) is 0 Å². The Hall–Kier alpha value is -4.31. The predicted octanol–water partition coefficient (Wildman–Crippen LogP) is 6.98. The van der Waals surface area contributed by atoms with E-state index in [0.29, 0.717) is 22.6 Å². The highest BCUT2D eigenvalue weighted by Gasteiger charge is 2.33. The van der Waals surface area contributed by atoms with E-state index in [4.69, 9.17) is 4.98 Å². The normalized spacial score (nSPS) is 19.9. The Labute approximate surface area is 289 Å². The smallest absolute Gasteiger partial charge is 0.269 e. The molecule has 1 aliphatic carbocycles. The van der Waals surface area contributed by atoms with Gasteiger partial charge in [-0.05, 0) is 117 Å². The van der Waals surface area contributed by atoms with Crippen molar-refractivity contribution in [1.29, 1.82) is 0 Å². The van der Waals surface area contributed by atoms with Crippen LogP contribution in [0.15, 0.2) is 84.0 Å². The molecule has 3 heterocycles. The lowest BCUT2D eigenvalue weighted by Crippen LogP contribution is -2.44. The number of hydrogen-bond donors (Lipinski definition) is 1. The van der Waals surface area contributed by atoms with Gasteiger partial charge in [-0.2, -0.15) is 0 Å². The molecule has 2 aliphatic rings. The number of aromatic nitrogens is 2. The van der Waals surface area contributed by atoms with Crippen molar-refractivity contribution < 1.29 is 18.3 Å². The Morgan fingerprint density at radius 1 is 0.939 bits per heavy atom. The van der Waals surface area contributed by atoms with Crippen LogP contribution in [0, 0.1) is 13.8 Å². The number of benzene rings is 3. The van der Waals surface area contributed by atoms with E-state index in [0.717, 1.165) is 73.0 Å². The molecule has 7 rings (SSSR count). The molecule has 8 nitrogen and oxygen atoms in total. The maximum absolute atomic E-state index is 14.0. The van der Waals surface area contributed by atoms with Crippen LogP contribution < -0.4 is 0 Å². The average Bonchev–Trinajstić information content (AvgIpc) is 3.48. The number of amides is 1. The number of rotatable bonds is 6. The average molecular weight is 677 g/mol. The SMILES string of the molecule is Cc1ccc(S(=O)(=O)n2cc(-c3ccc(C(=O)N(C)C)cc3)c3cc(-c4cc(C)c5c(c4)CN(C4CCC(C)(O)CC4)CC5)cnc32)cc1. The third kappa shape index (κ3) is 6.31. The molecule has 0 atom stereocenters. The second kappa shape index (κ2) is 12.5. The summed E-state index contributed by atoms with van der Waals surface area (Å²) in [6.45, 7) is 7.96. The zero-order chi connectivity index (χ0) is 34.7. The Kier molecular flexibility index (Phi) is 8.49. The van der Waals surface area contributed by atoms with Crippen molar-refractivity contribution in [2.75, 3.05) is 20.6 Å². The van der Waals surface area contributed by atoms with Gasteiger partial charge in [-0.3, -0.25) is 9.69 Å². The van der Waals surface area contributed by atoms with Gasteiger partial charge >= 0.3 is 0 Å². The summed E-state index contributed by atoms with van der Waals surface area (Å²) in [5.41, 5.74) is 8.77. The number of hydrogen-bond acceptors (Lipinski definition) is 6. The maximum Gasteiger partial charge on any atom is 0.269 e. The van der Waals surface area contributed by atoms with Gasteiger partial charge in [0.05, 0.1) is 10.5 Å². The van der Waals surface area contributed by atoms with E-state index < -0.39 is 15.6 Å². The Bertz CT molecular complexity index is 2160. The van der Waals surface area contributed by atoms with Gasteiger partial charge in [-0.15, -0.1) is 0 Å². The van der Waals surface area contributed by atoms with Crippen LogP contribution in [0.4, 0.5) is 0 Å². The number of aryl methyl sites for hydroxylation is 2. The van der Waals surface area contributed by atoms with Gasteiger partial charge in [0.15, 0.2) is 5.65 Å². The zero-order valence-corrected chi connectivity index (χ0v) is 29.7. The summed E-state index contributed by atoms with van der Waals surface area (Å²) in [5.74, 6) is -0.100. The number of aliphatic hydroxyl groups is 1. The van der Waals surface area contributed by atoms with Crippen molar-refractivity contribution in [3.8, 4) is 22.3 Å². The van der Waals surface area contributed by atoms with Crippen molar-refractivity contribution in [3.05, 3.63) is 107 Å². The van der Waals surface area contributed by atoms with E-state index >= 15 is 0 Å². The molecule has 1 aliphatic heterocycles. The minimum atomic E-state index is -3.95. The number of fused-ring (bicyclic) bond motifs is 2. The first-order valence-corrected chi connectivity index (χ1v) is 18.5. The molecule has 5 aromatic rings. The summed E-state index contributed by atoms with van der Waals surface area (Å²) in [6, 6.07) is 21.1. The van der Waals surface area contributed by atoms with Gasteiger partial charge < -0.3 is 10.0 Å². The first-order valence-electron chi connectivity index (χ1n) is 17.1. The summed E-state index contributed by atoms with van der Waals surface area (Å²) in [5, 5.41) is 11.2. The second-order valence-corrected chi connectivity index (χ2v) is 16.2. The van der Waals surface area contributed by atoms with Crippen LogP contribution in [0.5, 0.6) is 0 Å². The zero-order valence-electron chi connectivity index (χ0n) is 28.9. The van der Waals surface area contributed by atoms with Crippen molar-refractivity contribution in [1.82, 2.24) is 18.8 Å². The molecular formula is C40H44N4O4S. The lowest BCUT2D eigenvalue weighted by Gasteiger charge is -2.41. The first-order chi connectivity index (χ1) is 23.3. The fourth-order valence-corrected chi connectivity index (χ4v) is 8.86. The molecule has 0 radical (unpaired) electrons. The molecule has 2 aromatic heterocycles. The van der Waals surface area contributed by atoms with Crippen molar-refractivity contribution in [2.45, 2.75) is 76.0 Å². The lowest BCUT2D eigenvalue weighted by atomic mass is 9.82. The third-order valence-electron chi connectivity index (χ3n) is 10.5. The molecule has 3 aromatic carbocycles. The molecule has 1 fully saturated rings. The number of carbonyl (C=O) groups excluding carboxylic acids is 1. The summed E-state index contributed by atoms with van der Waals surface area (Å²) in [4.78, 5) is 21.7. The molecule has 0 bridgehead atoms. The summed E-state index contributed by atoms with van der Waals surface area (Å²) >= 11 is 0. The lowest BCUT2D eigenvalue weighted by molar-refractivity contribution is -0.00766. The molecule has 1 N–H and O–H groups in total. The highest BCUT2D eigenvalue weighted by Crippen LogP contribution is 2.38. The summed E-state index contributed by atoms with van der Waals surface area (Å²) in [6.07, 6.45) is 8.12. The molecule has 1 saturated carbocycles. The van der Waals surface area contributed by atoms with Crippen LogP contribution in [0.2, 0.25) is 0 Å². The Balaban J connectivity index is 1.31. The minimum Gasteiger partial charge on any atom is -0.390 e. The largest absolute Gasteiger partial charge is 0.390 e. The second-order valence-electron chi connectivity index (χ2n) is 14.4. The molecule has 1 amide bonds. The van der Waals surface area contributed by atoms with E-state index in [1.807, 2.05) is 32.0 Å². The van der Waals surface area contributed by atoms with Gasteiger partial charge in [0.1, 0.15) is 0 Å². The predicted molar refractivity (Wildman–Crippen MR) is 194 cm³/mol. The molecule has 0 spiro atoms. The quantitative estimate of drug-likeness (QED) is 0.209. The van der Waals surface area contributed by atoms with Crippen LogP contribution in [0.25, 0.3) is 33.3 Å². The van der Waals surface area contributed by atoms with Crippen LogP contribution in [0.1, 0.15) is 65.2 Å². The molecule has 49 heavy (non-hydrogen) atoms. The van der Waals surface area contributed by atoms with Crippen molar-refractivity contribution in [2.24, 2.45) is 0 Å². The van der Waals surface area contributed by atoms with Crippen molar-refractivity contribution >= 4 is 27.0 Å². The van der Waals surface area contributed by atoms with Gasteiger partial charge in [0.2, 0.25) is 0 Å². The van der Waals surface area contributed by atoms with Crippen LogP contribution in [-0.4, -0.2) is 70.5 Å². The Morgan fingerprint density at radius 2 is 1.63 bits per heavy atom. The molecule has 9 heteroatoms. The number of nitrogens with zero attached hydrogens (tertiary/aromatic N) is 4. The first kappa shape index (κ1) is 33.2. The fraction of sp³-hybridized carbons (Fsp3) is 0.350. The summed E-state index contributed by atoms with van der Waals surface area (Å²) in [7, 11) is -0.517. The van der Waals surface area contributed by atoms with Gasteiger partial charge in [-0.25, -0.2) is 17.4 Å². The topological polar surface area (TPSA) is 95.7 Å². The highest BCUT2D eigenvalue weighted by atomic mass is 32.2. The van der Waals surface area contributed by atoms with Crippen LogP contribution >= 0.6 is 0 Å². The number of pyridine rings is 1. The molecular weight excluding hydrogens is 633 g/mol. The van der Waals surface area contributed by atoms with E-state index in [9.17, 15) is 18.3 Å². The number of carbonyl (C=O) groups is 1. The van der Waals surface area contributed by atoms with Gasteiger partial charge in [-0.1, -0.05) is 35.9 Å². The Morgan fingerprint density at radius 3 is 2.31 bits per heavy atom. The van der Waals surface area contributed by atoms with Crippen LogP contribution in [0.3, 0.4) is 0 Å². The highest BCUT2D eigenvalue weighted by molar-refractivity contribution is 7.90. The monoisotopic (exact) mass is 676 g/mol. The van der Waals surface area contributed by atoms with E-state index in [1.165, 1.54) is 25.6 Å². The molecule has 254 valence electrons. The fourth-order valence-electron chi connectivity index (χ4n) is 7.53. The van der Waals surface area contributed by atoms with E-state index in [2.05, 4.69) is 24.0 Å².